The van der Waals surface area contributed by atoms with Gasteiger partial charge in [-0.2, -0.15) is 0 Å². The predicted molar refractivity (Wildman–Crippen MR) is 75.1 cm³/mol. The topological polar surface area (TPSA) is 35.2 Å². The Kier molecular flexibility index (Phi) is 4.64. The van der Waals surface area contributed by atoms with Gasteiger partial charge in [0.15, 0.2) is 11.6 Å². The normalized spacial score (nSPS) is 10.5. The number of benzene rings is 2. The number of hydrogen-bond acceptors (Lipinski definition) is 2. The molecule has 0 amide bonds. The van der Waals surface area contributed by atoms with E-state index in [0.29, 0.717) is 21.2 Å². The Hall–Kier alpha value is -1.29. The quantitative estimate of drug-likeness (QED) is 0.919. The molecule has 0 radical (unpaired) electrons. The van der Waals surface area contributed by atoms with Crippen LogP contribution in [0.3, 0.4) is 0 Å². The van der Waals surface area contributed by atoms with E-state index < -0.39 is 5.82 Å². The van der Waals surface area contributed by atoms with Crippen LogP contribution in [0.4, 0.5) is 4.39 Å². The Balaban J connectivity index is 2.21. The molecule has 0 aliphatic rings. The van der Waals surface area contributed by atoms with E-state index in [2.05, 4.69) is 0 Å². The number of halogens is 3. The van der Waals surface area contributed by atoms with E-state index in [1.54, 1.807) is 30.3 Å². The van der Waals surface area contributed by atoms with Crippen LogP contribution in [0.15, 0.2) is 36.4 Å². The molecule has 2 nitrogen and oxygen atoms in total. The summed E-state index contributed by atoms with van der Waals surface area (Å²) in [4.78, 5) is 0. The van der Waals surface area contributed by atoms with Crippen LogP contribution in [0.25, 0.3) is 0 Å². The second-order valence-corrected chi connectivity index (χ2v) is 4.72. The van der Waals surface area contributed by atoms with E-state index in [0.717, 1.165) is 0 Å². The van der Waals surface area contributed by atoms with E-state index in [1.807, 2.05) is 0 Å². The highest BCUT2D eigenvalue weighted by molar-refractivity contribution is 6.42. The van der Waals surface area contributed by atoms with Crippen molar-refractivity contribution in [3.8, 4) is 5.75 Å². The third-order valence-corrected chi connectivity index (χ3v) is 3.53. The maximum absolute atomic E-state index is 13.7. The minimum Gasteiger partial charge on any atom is -0.485 e. The van der Waals surface area contributed by atoms with Crippen molar-refractivity contribution in [1.29, 1.82) is 0 Å². The molecule has 5 heteroatoms. The first kappa shape index (κ1) is 14.1. The fourth-order valence-corrected chi connectivity index (χ4v) is 2.06. The predicted octanol–water partition coefficient (Wildman–Crippen LogP) is 4.17. The Labute approximate surface area is 120 Å². The van der Waals surface area contributed by atoms with Gasteiger partial charge in [-0.25, -0.2) is 4.39 Å². The van der Waals surface area contributed by atoms with Gasteiger partial charge in [0, 0.05) is 17.7 Å². The molecule has 0 spiro atoms. The number of hydrogen-bond donors (Lipinski definition) is 1. The van der Waals surface area contributed by atoms with Crippen molar-refractivity contribution in [2.24, 2.45) is 5.73 Å². The Morgan fingerprint density at radius 1 is 1.05 bits per heavy atom. The molecule has 100 valence electrons. The molecule has 0 unspecified atom stereocenters. The first-order valence-corrected chi connectivity index (χ1v) is 6.42. The van der Waals surface area contributed by atoms with Crippen molar-refractivity contribution in [1.82, 2.24) is 0 Å². The zero-order valence-electron chi connectivity index (χ0n) is 10.00. The summed E-state index contributed by atoms with van der Waals surface area (Å²) in [5, 5.41) is 0.852. The number of rotatable bonds is 4. The van der Waals surface area contributed by atoms with Crippen LogP contribution in [-0.2, 0) is 13.2 Å². The summed E-state index contributed by atoms with van der Waals surface area (Å²) in [6, 6.07) is 9.86. The van der Waals surface area contributed by atoms with Crippen molar-refractivity contribution >= 4 is 23.2 Å². The lowest BCUT2D eigenvalue weighted by molar-refractivity contribution is 0.287. The first-order chi connectivity index (χ1) is 9.13. The summed E-state index contributed by atoms with van der Waals surface area (Å²) in [7, 11) is 0. The first-order valence-electron chi connectivity index (χ1n) is 5.66. The van der Waals surface area contributed by atoms with Gasteiger partial charge in [-0.3, -0.25) is 0 Å². The Morgan fingerprint density at radius 3 is 2.47 bits per heavy atom. The average Bonchev–Trinajstić information content (AvgIpc) is 2.41. The van der Waals surface area contributed by atoms with Crippen molar-refractivity contribution in [2.75, 3.05) is 0 Å². The van der Waals surface area contributed by atoms with Crippen LogP contribution in [-0.4, -0.2) is 0 Å². The molecule has 0 saturated heterocycles. The van der Waals surface area contributed by atoms with Crippen molar-refractivity contribution < 1.29 is 9.13 Å². The average molecular weight is 300 g/mol. The molecule has 0 fully saturated rings. The third kappa shape index (κ3) is 3.18. The van der Waals surface area contributed by atoms with Gasteiger partial charge >= 0.3 is 0 Å². The smallest absolute Gasteiger partial charge is 0.165 e. The van der Waals surface area contributed by atoms with E-state index in [-0.39, 0.29) is 18.9 Å². The maximum atomic E-state index is 13.7. The van der Waals surface area contributed by atoms with Crippen LogP contribution in [0, 0.1) is 5.82 Å². The van der Waals surface area contributed by atoms with Gasteiger partial charge < -0.3 is 10.5 Å². The number of para-hydroxylation sites is 1. The van der Waals surface area contributed by atoms with Crippen LogP contribution in [0.2, 0.25) is 10.0 Å². The molecule has 0 bridgehead atoms. The van der Waals surface area contributed by atoms with Gasteiger partial charge in [0.1, 0.15) is 6.61 Å². The summed E-state index contributed by atoms with van der Waals surface area (Å²) in [6.07, 6.45) is 0. The number of ether oxygens (including phenoxy) is 1. The lowest BCUT2D eigenvalue weighted by Crippen LogP contribution is -2.05. The van der Waals surface area contributed by atoms with Gasteiger partial charge in [-0.15, -0.1) is 0 Å². The maximum Gasteiger partial charge on any atom is 0.165 e. The van der Waals surface area contributed by atoms with Gasteiger partial charge in [0.05, 0.1) is 10.0 Å². The molecule has 2 N–H and O–H groups in total. The minimum atomic E-state index is -0.443. The summed E-state index contributed by atoms with van der Waals surface area (Å²) in [6.45, 7) is 0.337. The molecule has 2 aromatic rings. The Morgan fingerprint density at radius 2 is 1.74 bits per heavy atom. The highest BCUT2D eigenvalue weighted by atomic mass is 35.5. The van der Waals surface area contributed by atoms with Gasteiger partial charge in [0.25, 0.3) is 0 Å². The van der Waals surface area contributed by atoms with Crippen molar-refractivity contribution in [3.63, 3.8) is 0 Å². The lowest BCUT2D eigenvalue weighted by atomic mass is 10.2. The highest BCUT2D eigenvalue weighted by Gasteiger charge is 2.10. The molecule has 2 rings (SSSR count). The summed E-state index contributed by atoms with van der Waals surface area (Å²) in [5.74, 6) is -0.290. The minimum absolute atomic E-state index is 0.132. The number of nitrogens with two attached hydrogens (primary N) is 1. The molecular weight excluding hydrogens is 288 g/mol. The summed E-state index contributed by atoms with van der Waals surface area (Å²) < 4.78 is 19.2. The summed E-state index contributed by atoms with van der Waals surface area (Å²) >= 11 is 11.9. The zero-order valence-corrected chi connectivity index (χ0v) is 11.5. The second-order valence-electron chi connectivity index (χ2n) is 3.93. The molecule has 19 heavy (non-hydrogen) atoms. The van der Waals surface area contributed by atoms with E-state index in [1.165, 1.54) is 6.07 Å². The molecular formula is C14H12Cl2FNO. The fourth-order valence-electron chi connectivity index (χ4n) is 1.69. The van der Waals surface area contributed by atoms with E-state index in [9.17, 15) is 4.39 Å². The standard InChI is InChI=1S/C14H12Cl2FNO/c15-11-5-1-4-10(13(11)16)8-19-14-9(7-18)3-2-6-12(14)17/h1-6H,7-8,18H2. The fraction of sp³-hybridized carbons (Fsp3) is 0.143. The highest BCUT2D eigenvalue weighted by Crippen LogP contribution is 2.28. The van der Waals surface area contributed by atoms with Crippen LogP contribution >= 0.6 is 23.2 Å². The van der Waals surface area contributed by atoms with E-state index in [4.69, 9.17) is 33.7 Å². The molecule has 0 aromatic heterocycles. The monoisotopic (exact) mass is 299 g/mol. The van der Waals surface area contributed by atoms with Crippen LogP contribution < -0.4 is 10.5 Å². The van der Waals surface area contributed by atoms with Gasteiger partial charge in [0.2, 0.25) is 0 Å². The molecule has 0 aliphatic carbocycles. The van der Waals surface area contributed by atoms with E-state index >= 15 is 0 Å². The third-order valence-electron chi connectivity index (χ3n) is 2.67. The van der Waals surface area contributed by atoms with Gasteiger partial charge in [-0.05, 0) is 12.1 Å². The zero-order chi connectivity index (χ0) is 13.8. The second kappa shape index (κ2) is 6.24. The van der Waals surface area contributed by atoms with Crippen LogP contribution in [0.1, 0.15) is 11.1 Å². The molecule has 0 heterocycles. The molecule has 2 aromatic carbocycles. The Bertz CT molecular complexity index is 590. The van der Waals surface area contributed by atoms with Crippen molar-refractivity contribution in [2.45, 2.75) is 13.2 Å². The molecule has 0 aliphatic heterocycles. The van der Waals surface area contributed by atoms with Gasteiger partial charge in [-0.1, -0.05) is 47.5 Å². The lowest BCUT2D eigenvalue weighted by Gasteiger charge is -2.12. The van der Waals surface area contributed by atoms with Crippen LogP contribution in [0.5, 0.6) is 5.75 Å². The molecule has 0 atom stereocenters. The largest absolute Gasteiger partial charge is 0.485 e. The SMILES string of the molecule is NCc1cccc(F)c1OCc1cccc(Cl)c1Cl. The summed E-state index contributed by atoms with van der Waals surface area (Å²) in [5.41, 5.74) is 6.85. The molecule has 0 saturated carbocycles. The van der Waals surface area contributed by atoms with Crippen molar-refractivity contribution in [3.05, 3.63) is 63.4 Å².